The normalized spacial score (nSPS) is 18.9. The molecular weight excluding hydrogens is 210 g/mol. The lowest BCUT2D eigenvalue weighted by atomic mass is 9.93. The van der Waals surface area contributed by atoms with E-state index in [2.05, 4.69) is 39.8 Å². The Morgan fingerprint density at radius 1 is 1.29 bits per heavy atom. The molecule has 0 bridgehead atoms. The van der Waals surface area contributed by atoms with Gasteiger partial charge in [0.05, 0.1) is 5.69 Å². The molecule has 0 spiro atoms. The lowest BCUT2D eigenvalue weighted by molar-refractivity contribution is 0.218. The predicted octanol–water partition coefficient (Wildman–Crippen LogP) is 2.22. The van der Waals surface area contributed by atoms with Gasteiger partial charge in [-0.05, 0) is 57.5 Å². The second-order valence-electron chi connectivity index (χ2n) is 5.15. The molecule has 0 N–H and O–H groups in total. The van der Waals surface area contributed by atoms with E-state index in [1.165, 1.54) is 31.6 Å². The Kier molecular flexibility index (Phi) is 2.85. The molecule has 1 saturated heterocycles. The SMILES string of the molecule is CN1CCC(Cc2cn3ccccc3n2)CC1. The van der Waals surface area contributed by atoms with E-state index in [4.69, 9.17) is 0 Å². The van der Waals surface area contributed by atoms with Crippen LogP contribution >= 0.6 is 0 Å². The number of rotatable bonds is 2. The fraction of sp³-hybridized carbons (Fsp3) is 0.500. The van der Waals surface area contributed by atoms with E-state index in [0.717, 1.165) is 18.0 Å². The summed E-state index contributed by atoms with van der Waals surface area (Å²) in [7, 11) is 2.21. The van der Waals surface area contributed by atoms with Crippen molar-refractivity contribution in [3.05, 3.63) is 36.3 Å². The van der Waals surface area contributed by atoms with Crippen molar-refractivity contribution >= 4 is 5.65 Å². The zero-order chi connectivity index (χ0) is 11.7. The molecule has 0 aromatic carbocycles. The second kappa shape index (κ2) is 4.49. The van der Waals surface area contributed by atoms with Gasteiger partial charge < -0.3 is 9.30 Å². The van der Waals surface area contributed by atoms with Crippen LogP contribution in [0.1, 0.15) is 18.5 Å². The molecule has 0 unspecified atom stereocenters. The van der Waals surface area contributed by atoms with E-state index in [1.807, 2.05) is 12.1 Å². The summed E-state index contributed by atoms with van der Waals surface area (Å²) in [6.07, 6.45) is 8.00. The van der Waals surface area contributed by atoms with Crippen LogP contribution in [-0.4, -0.2) is 34.4 Å². The lowest BCUT2D eigenvalue weighted by Gasteiger charge is -2.28. The van der Waals surface area contributed by atoms with E-state index in [-0.39, 0.29) is 0 Å². The third kappa shape index (κ3) is 2.34. The van der Waals surface area contributed by atoms with Gasteiger partial charge in [-0.15, -0.1) is 0 Å². The fourth-order valence-corrected chi connectivity index (χ4v) is 2.65. The number of hydrogen-bond donors (Lipinski definition) is 0. The molecule has 90 valence electrons. The molecule has 3 heteroatoms. The number of fused-ring (bicyclic) bond motifs is 1. The zero-order valence-electron chi connectivity index (χ0n) is 10.3. The smallest absolute Gasteiger partial charge is 0.136 e. The predicted molar refractivity (Wildman–Crippen MR) is 69.1 cm³/mol. The molecule has 2 aromatic rings. The van der Waals surface area contributed by atoms with Gasteiger partial charge in [-0.25, -0.2) is 4.98 Å². The van der Waals surface area contributed by atoms with Crippen LogP contribution in [0.3, 0.4) is 0 Å². The number of nitrogens with zero attached hydrogens (tertiary/aromatic N) is 3. The summed E-state index contributed by atoms with van der Waals surface area (Å²) in [4.78, 5) is 7.09. The Bertz CT molecular complexity index is 462. The summed E-state index contributed by atoms with van der Waals surface area (Å²) in [6.45, 7) is 2.47. The highest BCUT2D eigenvalue weighted by Crippen LogP contribution is 2.20. The van der Waals surface area contributed by atoms with Gasteiger partial charge in [-0.2, -0.15) is 0 Å². The first-order chi connectivity index (χ1) is 8.31. The Hall–Kier alpha value is -1.35. The summed E-state index contributed by atoms with van der Waals surface area (Å²) in [5, 5.41) is 0. The van der Waals surface area contributed by atoms with Crippen LogP contribution in [0.4, 0.5) is 0 Å². The molecule has 0 aliphatic carbocycles. The summed E-state index contributed by atoms with van der Waals surface area (Å²) < 4.78 is 2.12. The first kappa shape index (κ1) is 10.8. The minimum Gasteiger partial charge on any atom is -0.307 e. The number of aromatic nitrogens is 2. The minimum atomic E-state index is 0.816. The molecule has 3 rings (SSSR count). The van der Waals surface area contributed by atoms with Crippen molar-refractivity contribution in [2.45, 2.75) is 19.3 Å². The Balaban J connectivity index is 1.72. The molecule has 0 radical (unpaired) electrons. The van der Waals surface area contributed by atoms with Gasteiger partial charge in [0.1, 0.15) is 5.65 Å². The first-order valence-corrected chi connectivity index (χ1v) is 6.42. The van der Waals surface area contributed by atoms with Crippen LogP contribution in [0, 0.1) is 5.92 Å². The van der Waals surface area contributed by atoms with E-state index in [0.29, 0.717) is 0 Å². The number of hydrogen-bond acceptors (Lipinski definition) is 2. The molecule has 17 heavy (non-hydrogen) atoms. The summed E-state index contributed by atoms with van der Waals surface area (Å²) >= 11 is 0. The maximum atomic E-state index is 4.68. The molecule has 0 saturated carbocycles. The van der Waals surface area contributed by atoms with Crippen molar-refractivity contribution in [1.82, 2.24) is 14.3 Å². The second-order valence-corrected chi connectivity index (χ2v) is 5.15. The average Bonchev–Trinajstić information content (AvgIpc) is 2.74. The van der Waals surface area contributed by atoms with Crippen molar-refractivity contribution in [2.75, 3.05) is 20.1 Å². The fourth-order valence-electron chi connectivity index (χ4n) is 2.65. The highest BCUT2D eigenvalue weighted by atomic mass is 15.1. The molecule has 2 aromatic heterocycles. The Morgan fingerprint density at radius 3 is 2.88 bits per heavy atom. The van der Waals surface area contributed by atoms with Crippen molar-refractivity contribution in [3.63, 3.8) is 0 Å². The number of piperidine rings is 1. The van der Waals surface area contributed by atoms with Crippen LogP contribution in [0.25, 0.3) is 5.65 Å². The van der Waals surface area contributed by atoms with Crippen LogP contribution in [0.5, 0.6) is 0 Å². The van der Waals surface area contributed by atoms with Crippen molar-refractivity contribution in [2.24, 2.45) is 5.92 Å². The van der Waals surface area contributed by atoms with Crippen LogP contribution in [0.15, 0.2) is 30.6 Å². The maximum Gasteiger partial charge on any atom is 0.136 e. The van der Waals surface area contributed by atoms with Crippen LogP contribution in [-0.2, 0) is 6.42 Å². The number of likely N-dealkylation sites (tertiary alicyclic amines) is 1. The molecule has 1 aliphatic rings. The molecular formula is C14H19N3. The van der Waals surface area contributed by atoms with Gasteiger partial charge in [0.25, 0.3) is 0 Å². The molecule has 3 heterocycles. The highest BCUT2D eigenvalue weighted by Gasteiger charge is 2.17. The molecule has 0 atom stereocenters. The summed E-state index contributed by atoms with van der Waals surface area (Å²) in [5.74, 6) is 0.816. The van der Waals surface area contributed by atoms with Crippen LogP contribution < -0.4 is 0 Å². The van der Waals surface area contributed by atoms with Crippen molar-refractivity contribution in [1.29, 1.82) is 0 Å². The topological polar surface area (TPSA) is 20.5 Å². The maximum absolute atomic E-state index is 4.68. The van der Waals surface area contributed by atoms with E-state index < -0.39 is 0 Å². The standard InChI is InChI=1S/C14H19N3/c1-16-8-5-12(6-9-16)10-13-11-17-7-3-2-4-14(17)15-13/h2-4,7,11-12H,5-6,8-10H2,1H3. The number of imidazole rings is 1. The van der Waals surface area contributed by atoms with Gasteiger partial charge in [0.2, 0.25) is 0 Å². The lowest BCUT2D eigenvalue weighted by Crippen LogP contribution is -2.30. The van der Waals surface area contributed by atoms with Gasteiger partial charge in [-0.1, -0.05) is 6.07 Å². The Morgan fingerprint density at radius 2 is 2.12 bits per heavy atom. The van der Waals surface area contributed by atoms with E-state index >= 15 is 0 Å². The van der Waals surface area contributed by atoms with E-state index in [9.17, 15) is 0 Å². The number of pyridine rings is 1. The molecule has 1 aliphatic heterocycles. The third-order valence-electron chi connectivity index (χ3n) is 3.75. The van der Waals surface area contributed by atoms with Gasteiger partial charge >= 0.3 is 0 Å². The quantitative estimate of drug-likeness (QED) is 0.787. The third-order valence-corrected chi connectivity index (χ3v) is 3.75. The van der Waals surface area contributed by atoms with Crippen molar-refractivity contribution in [3.8, 4) is 0 Å². The molecule has 0 amide bonds. The first-order valence-electron chi connectivity index (χ1n) is 6.42. The minimum absolute atomic E-state index is 0.816. The van der Waals surface area contributed by atoms with Gasteiger partial charge in [-0.3, -0.25) is 0 Å². The largest absolute Gasteiger partial charge is 0.307 e. The Labute approximate surface area is 102 Å². The van der Waals surface area contributed by atoms with E-state index in [1.54, 1.807) is 0 Å². The van der Waals surface area contributed by atoms with Crippen LogP contribution in [0.2, 0.25) is 0 Å². The summed E-state index contributed by atoms with van der Waals surface area (Å²) in [5.41, 5.74) is 2.31. The summed E-state index contributed by atoms with van der Waals surface area (Å²) in [6, 6.07) is 6.16. The molecule has 3 nitrogen and oxygen atoms in total. The monoisotopic (exact) mass is 229 g/mol. The van der Waals surface area contributed by atoms with Gasteiger partial charge in [0.15, 0.2) is 0 Å². The average molecular weight is 229 g/mol. The van der Waals surface area contributed by atoms with Crippen molar-refractivity contribution < 1.29 is 0 Å². The highest BCUT2D eigenvalue weighted by molar-refractivity contribution is 5.39. The molecule has 1 fully saturated rings. The van der Waals surface area contributed by atoms with Gasteiger partial charge in [0, 0.05) is 12.4 Å². The zero-order valence-corrected chi connectivity index (χ0v) is 10.3.